The Bertz CT molecular complexity index is 218. The van der Waals surface area contributed by atoms with E-state index in [0.717, 1.165) is 0 Å². The van der Waals surface area contributed by atoms with Crippen molar-refractivity contribution in [3.63, 3.8) is 0 Å². The third kappa shape index (κ3) is 2.81. The van der Waals surface area contributed by atoms with Gasteiger partial charge in [0, 0.05) is 0 Å². The minimum atomic E-state index is -0.633. The predicted molar refractivity (Wildman–Crippen MR) is 46.6 cm³/mol. The molecule has 1 atom stereocenters. The zero-order valence-corrected chi connectivity index (χ0v) is 7.99. The molecule has 0 saturated carbocycles. The lowest BCUT2D eigenvalue weighted by atomic mass is 10.3. The highest BCUT2D eigenvalue weighted by Gasteiger charge is 2.08. The number of rotatable bonds is 2. The van der Waals surface area contributed by atoms with Gasteiger partial charge in [-0.05, 0) is 28.1 Å². The number of hydrogen-bond acceptors (Lipinski definition) is 2. The minimum absolute atomic E-state index is 0. The van der Waals surface area contributed by atoms with Crippen molar-refractivity contribution in [2.45, 2.75) is 6.04 Å². The molecule has 0 saturated heterocycles. The number of furan rings is 1. The van der Waals surface area contributed by atoms with E-state index in [4.69, 9.17) is 10.2 Å². The van der Waals surface area contributed by atoms with Crippen molar-refractivity contribution >= 4 is 28.3 Å². The van der Waals surface area contributed by atoms with Crippen molar-refractivity contribution in [3.8, 4) is 0 Å². The van der Waals surface area contributed by atoms with E-state index in [9.17, 15) is 4.39 Å². The van der Waals surface area contributed by atoms with E-state index in [-0.39, 0.29) is 12.4 Å². The standard InChI is InChI=1S/C6H7BrFNO.ClH/c7-6-2-1-5(10-6)4(9)3-8;/h1-2,4H,3,9H2;1H/t4-;/m1./s1. The Balaban J connectivity index is 0.000001000. The summed E-state index contributed by atoms with van der Waals surface area (Å²) in [7, 11) is 0. The molecule has 0 aliphatic heterocycles. The van der Waals surface area contributed by atoms with Crippen molar-refractivity contribution in [1.29, 1.82) is 0 Å². The summed E-state index contributed by atoms with van der Waals surface area (Å²) in [6, 6.07) is 2.70. The van der Waals surface area contributed by atoms with Crippen LogP contribution in [0, 0.1) is 0 Å². The van der Waals surface area contributed by atoms with E-state index in [1.807, 2.05) is 0 Å². The molecule has 5 heteroatoms. The molecule has 0 radical (unpaired) electrons. The summed E-state index contributed by atoms with van der Waals surface area (Å²) in [5, 5.41) is 0. The number of halogens is 3. The average molecular weight is 244 g/mol. The fraction of sp³-hybridized carbons (Fsp3) is 0.333. The van der Waals surface area contributed by atoms with Crippen molar-refractivity contribution < 1.29 is 8.81 Å². The third-order valence-electron chi connectivity index (χ3n) is 1.13. The maximum atomic E-state index is 11.9. The van der Waals surface area contributed by atoms with Crippen LogP contribution >= 0.6 is 28.3 Å². The van der Waals surface area contributed by atoms with Gasteiger partial charge in [-0.25, -0.2) is 4.39 Å². The largest absolute Gasteiger partial charge is 0.453 e. The molecular formula is C6H8BrClFNO. The molecule has 0 aliphatic carbocycles. The Morgan fingerprint density at radius 2 is 2.27 bits per heavy atom. The van der Waals surface area contributed by atoms with Gasteiger partial charge >= 0.3 is 0 Å². The molecule has 0 bridgehead atoms. The van der Waals surface area contributed by atoms with Crippen molar-refractivity contribution in [2.75, 3.05) is 6.67 Å². The first kappa shape index (κ1) is 10.9. The zero-order valence-electron chi connectivity index (χ0n) is 5.59. The van der Waals surface area contributed by atoms with Crippen LogP contribution in [0.5, 0.6) is 0 Å². The molecule has 0 spiro atoms. The van der Waals surface area contributed by atoms with E-state index >= 15 is 0 Å². The highest BCUT2D eigenvalue weighted by molar-refractivity contribution is 9.10. The monoisotopic (exact) mass is 243 g/mol. The molecule has 0 aliphatic rings. The number of nitrogens with two attached hydrogens (primary N) is 1. The Labute approximate surface area is 78.5 Å². The normalized spacial score (nSPS) is 12.3. The SMILES string of the molecule is Cl.N[C@H](CF)c1ccc(Br)o1. The first-order valence-corrected chi connectivity index (χ1v) is 3.60. The van der Waals surface area contributed by atoms with Crippen LogP contribution in [-0.2, 0) is 0 Å². The van der Waals surface area contributed by atoms with Crippen molar-refractivity contribution in [2.24, 2.45) is 5.73 Å². The lowest BCUT2D eigenvalue weighted by Gasteiger charge is -1.99. The van der Waals surface area contributed by atoms with Gasteiger partial charge < -0.3 is 10.2 Å². The van der Waals surface area contributed by atoms with Gasteiger partial charge in [-0.1, -0.05) is 0 Å². The van der Waals surface area contributed by atoms with Crippen LogP contribution in [-0.4, -0.2) is 6.67 Å². The van der Waals surface area contributed by atoms with Crippen LogP contribution in [0.1, 0.15) is 11.8 Å². The van der Waals surface area contributed by atoms with Crippen LogP contribution in [0.4, 0.5) is 4.39 Å². The third-order valence-corrected chi connectivity index (χ3v) is 1.55. The molecule has 2 N–H and O–H groups in total. The lowest BCUT2D eigenvalue weighted by Crippen LogP contribution is -2.10. The van der Waals surface area contributed by atoms with Gasteiger partial charge in [0.25, 0.3) is 0 Å². The van der Waals surface area contributed by atoms with Crippen molar-refractivity contribution in [3.05, 3.63) is 22.6 Å². The maximum absolute atomic E-state index is 11.9. The molecule has 0 aromatic carbocycles. The highest BCUT2D eigenvalue weighted by Crippen LogP contribution is 2.18. The van der Waals surface area contributed by atoms with Crippen LogP contribution in [0.3, 0.4) is 0 Å². The summed E-state index contributed by atoms with van der Waals surface area (Å²) >= 11 is 3.08. The number of hydrogen-bond donors (Lipinski definition) is 1. The maximum Gasteiger partial charge on any atom is 0.169 e. The fourth-order valence-corrected chi connectivity index (χ4v) is 0.923. The molecule has 2 nitrogen and oxygen atoms in total. The van der Waals surface area contributed by atoms with Gasteiger partial charge in [0.05, 0.1) is 6.04 Å². The summed E-state index contributed by atoms with van der Waals surface area (Å²) < 4.78 is 17.4. The Morgan fingerprint density at radius 1 is 1.64 bits per heavy atom. The molecule has 11 heavy (non-hydrogen) atoms. The second-order valence-corrected chi connectivity index (χ2v) is 2.68. The molecule has 0 unspecified atom stereocenters. The summed E-state index contributed by atoms with van der Waals surface area (Å²) in [6.45, 7) is -0.597. The van der Waals surface area contributed by atoms with Gasteiger partial charge in [-0.15, -0.1) is 12.4 Å². The smallest absolute Gasteiger partial charge is 0.169 e. The van der Waals surface area contributed by atoms with E-state index in [0.29, 0.717) is 10.4 Å². The van der Waals surface area contributed by atoms with Gasteiger partial charge in [-0.3, -0.25) is 0 Å². The second-order valence-electron chi connectivity index (χ2n) is 1.90. The molecule has 0 fully saturated rings. The summed E-state index contributed by atoms with van der Waals surface area (Å²) in [5.74, 6) is 0.467. The molecule has 1 rings (SSSR count). The number of alkyl halides is 1. The summed E-state index contributed by atoms with van der Waals surface area (Å²) in [5.41, 5.74) is 5.32. The summed E-state index contributed by atoms with van der Waals surface area (Å²) in [4.78, 5) is 0. The van der Waals surface area contributed by atoms with Crippen LogP contribution < -0.4 is 5.73 Å². The molecule has 1 aromatic heterocycles. The summed E-state index contributed by atoms with van der Waals surface area (Å²) in [6.07, 6.45) is 0. The van der Waals surface area contributed by atoms with Crippen LogP contribution in [0.15, 0.2) is 21.2 Å². The zero-order chi connectivity index (χ0) is 7.56. The van der Waals surface area contributed by atoms with Gasteiger partial charge in [0.2, 0.25) is 0 Å². The topological polar surface area (TPSA) is 39.2 Å². The predicted octanol–water partition coefficient (Wildman–Crippen LogP) is 2.43. The van der Waals surface area contributed by atoms with E-state index < -0.39 is 12.7 Å². The van der Waals surface area contributed by atoms with Crippen molar-refractivity contribution in [1.82, 2.24) is 0 Å². The Hall–Kier alpha value is -0.0600. The van der Waals surface area contributed by atoms with E-state index in [1.54, 1.807) is 12.1 Å². The lowest BCUT2D eigenvalue weighted by molar-refractivity contribution is 0.375. The second kappa shape index (κ2) is 4.74. The molecule has 0 amide bonds. The Morgan fingerprint density at radius 3 is 2.64 bits per heavy atom. The first-order chi connectivity index (χ1) is 4.74. The van der Waals surface area contributed by atoms with Gasteiger partial charge in [0.15, 0.2) is 4.67 Å². The Kier molecular flexibility index (Phi) is 4.72. The van der Waals surface area contributed by atoms with Crippen LogP contribution in [0.25, 0.3) is 0 Å². The average Bonchev–Trinajstić information content (AvgIpc) is 2.34. The molecule has 64 valence electrons. The first-order valence-electron chi connectivity index (χ1n) is 2.81. The van der Waals surface area contributed by atoms with Gasteiger partial charge in [-0.2, -0.15) is 0 Å². The molecule has 1 aromatic rings. The van der Waals surface area contributed by atoms with E-state index in [2.05, 4.69) is 15.9 Å². The quantitative estimate of drug-likeness (QED) is 0.868. The van der Waals surface area contributed by atoms with Crippen LogP contribution in [0.2, 0.25) is 0 Å². The fourth-order valence-electron chi connectivity index (χ4n) is 0.604. The minimum Gasteiger partial charge on any atom is -0.453 e. The molecule has 1 heterocycles. The molecular weight excluding hydrogens is 236 g/mol. The highest BCUT2D eigenvalue weighted by atomic mass is 79.9. The van der Waals surface area contributed by atoms with E-state index in [1.165, 1.54) is 0 Å². The van der Waals surface area contributed by atoms with Gasteiger partial charge in [0.1, 0.15) is 12.4 Å².